The van der Waals surface area contributed by atoms with Gasteiger partial charge in [0.05, 0.1) is 31.0 Å². The van der Waals surface area contributed by atoms with Gasteiger partial charge in [0.1, 0.15) is 22.2 Å². The Kier molecular flexibility index (Phi) is 6.89. The average molecular weight is 511 g/mol. The molecule has 186 valence electrons. The minimum absolute atomic E-state index is 0.0752. The Morgan fingerprint density at radius 3 is 2.47 bits per heavy atom. The normalized spacial score (nSPS) is 16.9. The van der Waals surface area contributed by atoms with Crippen molar-refractivity contribution >= 4 is 39.9 Å². The van der Waals surface area contributed by atoms with Gasteiger partial charge in [0, 0.05) is 5.56 Å². The molecule has 1 aromatic heterocycles. The molecule has 1 saturated heterocycles. The molecular formula is C26H23FN2O6S. The van der Waals surface area contributed by atoms with E-state index in [2.05, 4.69) is 4.98 Å². The number of Topliss-reactive ketones (excluding diaryl/α,β-unsaturated/α-hetero) is 1. The van der Waals surface area contributed by atoms with E-state index >= 15 is 0 Å². The van der Waals surface area contributed by atoms with E-state index in [0.717, 1.165) is 21.8 Å². The molecule has 4 rings (SSSR count). The number of ether oxygens (including phenoxy) is 2. The number of benzene rings is 2. The Morgan fingerprint density at radius 2 is 1.86 bits per heavy atom. The lowest BCUT2D eigenvalue weighted by Crippen LogP contribution is -2.29. The van der Waals surface area contributed by atoms with Crippen LogP contribution >= 0.6 is 11.3 Å². The summed E-state index contributed by atoms with van der Waals surface area (Å²) in [6, 6.07) is 9.06. The molecule has 1 aliphatic heterocycles. The fourth-order valence-corrected chi connectivity index (χ4v) is 5.04. The van der Waals surface area contributed by atoms with Gasteiger partial charge in [-0.25, -0.2) is 14.2 Å². The van der Waals surface area contributed by atoms with Crippen molar-refractivity contribution in [3.05, 3.63) is 81.1 Å². The molecule has 0 spiro atoms. The summed E-state index contributed by atoms with van der Waals surface area (Å²) in [7, 11) is 1.23. The van der Waals surface area contributed by atoms with Crippen molar-refractivity contribution in [3.8, 4) is 5.75 Å². The molecular weight excluding hydrogens is 487 g/mol. The van der Waals surface area contributed by atoms with Gasteiger partial charge >= 0.3 is 11.9 Å². The first-order valence-electron chi connectivity index (χ1n) is 11.0. The van der Waals surface area contributed by atoms with Gasteiger partial charge in [0.2, 0.25) is 0 Å². The Hall–Kier alpha value is -4.05. The lowest BCUT2D eigenvalue weighted by atomic mass is 9.95. The van der Waals surface area contributed by atoms with Crippen LogP contribution in [-0.2, 0) is 14.3 Å². The lowest BCUT2D eigenvalue weighted by molar-refractivity contribution is -0.132. The Bertz CT molecular complexity index is 1400. The summed E-state index contributed by atoms with van der Waals surface area (Å²) in [6.45, 7) is 5.69. The summed E-state index contributed by atoms with van der Waals surface area (Å²) in [4.78, 5) is 44.3. The molecule has 1 aliphatic rings. The molecule has 1 atom stereocenters. The van der Waals surface area contributed by atoms with Crippen LogP contribution in [0.15, 0.2) is 48.0 Å². The average Bonchev–Trinajstić information content (AvgIpc) is 3.36. The molecule has 0 bridgehead atoms. The Labute approximate surface area is 210 Å². The first-order chi connectivity index (χ1) is 17.2. The number of methoxy groups -OCH3 is 1. The molecule has 0 radical (unpaired) electrons. The predicted molar refractivity (Wildman–Crippen MR) is 132 cm³/mol. The first kappa shape index (κ1) is 25.1. The highest BCUT2D eigenvalue weighted by molar-refractivity contribution is 7.17. The number of hydrogen-bond donors (Lipinski definition) is 1. The van der Waals surface area contributed by atoms with Crippen LogP contribution < -0.4 is 9.64 Å². The molecule has 2 heterocycles. The number of ketones is 1. The summed E-state index contributed by atoms with van der Waals surface area (Å²) in [5, 5.41) is 11.3. The summed E-state index contributed by atoms with van der Waals surface area (Å²) in [5.74, 6) is -2.76. The Balaban J connectivity index is 1.91. The molecule has 8 nitrogen and oxygen atoms in total. The van der Waals surface area contributed by atoms with Crippen LogP contribution in [0.25, 0.3) is 5.76 Å². The number of aryl methyl sites for hydroxylation is 2. The molecule has 1 unspecified atom stereocenters. The third-order valence-corrected chi connectivity index (χ3v) is 6.88. The molecule has 3 aromatic rings. The summed E-state index contributed by atoms with van der Waals surface area (Å²) >= 11 is 0.889. The van der Waals surface area contributed by atoms with Crippen LogP contribution in [0.2, 0.25) is 0 Å². The summed E-state index contributed by atoms with van der Waals surface area (Å²) in [5.41, 5.74) is 1.57. The van der Waals surface area contributed by atoms with E-state index in [1.807, 2.05) is 6.92 Å². The van der Waals surface area contributed by atoms with Gasteiger partial charge in [0.15, 0.2) is 5.13 Å². The van der Waals surface area contributed by atoms with E-state index in [-0.39, 0.29) is 15.6 Å². The van der Waals surface area contributed by atoms with Gasteiger partial charge in [-0.15, -0.1) is 0 Å². The molecule has 1 fully saturated rings. The number of amides is 1. The van der Waals surface area contributed by atoms with Crippen LogP contribution in [-0.4, -0.2) is 41.5 Å². The van der Waals surface area contributed by atoms with Crippen molar-refractivity contribution in [3.63, 3.8) is 0 Å². The van der Waals surface area contributed by atoms with Crippen LogP contribution in [0.3, 0.4) is 0 Å². The maximum absolute atomic E-state index is 13.7. The number of aliphatic hydroxyl groups excluding tert-OH is 1. The summed E-state index contributed by atoms with van der Waals surface area (Å²) in [6.07, 6.45) is 0. The van der Waals surface area contributed by atoms with E-state index < -0.39 is 35.3 Å². The van der Waals surface area contributed by atoms with E-state index in [9.17, 15) is 23.9 Å². The molecule has 0 aliphatic carbocycles. The number of esters is 1. The number of anilines is 1. The second-order valence-electron chi connectivity index (χ2n) is 8.04. The highest BCUT2D eigenvalue weighted by Gasteiger charge is 2.48. The van der Waals surface area contributed by atoms with Gasteiger partial charge in [0.25, 0.3) is 5.78 Å². The second-order valence-corrected chi connectivity index (χ2v) is 9.01. The second kappa shape index (κ2) is 9.90. The van der Waals surface area contributed by atoms with Gasteiger partial charge in [-0.1, -0.05) is 23.5 Å². The van der Waals surface area contributed by atoms with Crippen molar-refractivity contribution in [2.24, 2.45) is 0 Å². The predicted octanol–water partition coefficient (Wildman–Crippen LogP) is 4.71. The van der Waals surface area contributed by atoms with E-state index in [4.69, 9.17) is 9.47 Å². The van der Waals surface area contributed by atoms with Crippen molar-refractivity contribution in [2.45, 2.75) is 26.8 Å². The largest absolute Gasteiger partial charge is 0.507 e. The van der Waals surface area contributed by atoms with Gasteiger partial charge in [-0.05, 0) is 62.2 Å². The monoisotopic (exact) mass is 510 g/mol. The van der Waals surface area contributed by atoms with Crippen LogP contribution in [0, 0.1) is 19.7 Å². The number of hydrogen-bond acceptors (Lipinski definition) is 8. The number of carbonyl (C=O) groups is 3. The number of rotatable bonds is 6. The van der Waals surface area contributed by atoms with Gasteiger partial charge in [-0.3, -0.25) is 14.5 Å². The van der Waals surface area contributed by atoms with E-state index in [0.29, 0.717) is 29.2 Å². The Morgan fingerprint density at radius 1 is 1.17 bits per heavy atom. The van der Waals surface area contributed by atoms with Gasteiger partial charge < -0.3 is 14.6 Å². The standard InChI is InChI=1S/C26H23FN2O6S/c1-5-35-18-11-8-16(12-13(18)2)21(30)19-20(15-6-9-17(27)10-7-15)29(24(32)22(19)31)26-28-14(3)23(36-26)25(33)34-4/h6-12,20,30H,5H2,1-4H3/b21-19+. The number of halogens is 1. The molecule has 36 heavy (non-hydrogen) atoms. The maximum Gasteiger partial charge on any atom is 0.350 e. The SMILES string of the molecule is CCOc1ccc(/C(O)=C2\C(=O)C(=O)N(c3nc(C)c(C(=O)OC)s3)C2c2ccc(F)cc2)cc1C. The summed E-state index contributed by atoms with van der Waals surface area (Å²) < 4.78 is 24.0. The quantitative estimate of drug-likeness (QED) is 0.222. The minimum atomic E-state index is -1.10. The molecule has 10 heteroatoms. The van der Waals surface area contributed by atoms with Crippen molar-refractivity contribution in [1.82, 2.24) is 4.98 Å². The lowest BCUT2D eigenvalue weighted by Gasteiger charge is -2.23. The minimum Gasteiger partial charge on any atom is -0.507 e. The number of thiazole rings is 1. The van der Waals surface area contributed by atoms with E-state index in [1.54, 1.807) is 32.0 Å². The zero-order chi connectivity index (χ0) is 26.1. The smallest absolute Gasteiger partial charge is 0.350 e. The number of aliphatic hydroxyl groups is 1. The first-order valence-corrected chi connectivity index (χ1v) is 11.9. The molecule has 1 N–H and O–H groups in total. The van der Waals surface area contributed by atoms with Crippen molar-refractivity contribution in [2.75, 3.05) is 18.6 Å². The van der Waals surface area contributed by atoms with Gasteiger partial charge in [-0.2, -0.15) is 0 Å². The third kappa shape index (κ3) is 4.35. The highest BCUT2D eigenvalue weighted by Crippen LogP contribution is 2.44. The van der Waals surface area contributed by atoms with Crippen LogP contribution in [0.1, 0.15) is 45.0 Å². The zero-order valence-electron chi connectivity index (χ0n) is 20.0. The van der Waals surface area contributed by atoms with Crippen LogP contribution in [0.5, 0.6) is 5.75 Å². The zero-order valence-corrected chi connectivity index (χ0v) is 20.8. The third-order valence-electron chi connectivity index (χ3n) is 5.74. The molecule has 2 aromatic carbocycles. The molecule has 0 saturated carbocycles. The fourth-order valence-electron chi connectivity index (χ4n) is 4.03. The highest BCUT2D eigenvalue weighted by atomic mass is 32.1. The number of carbonyl (C=O) groups excluding carboxylic acids is 3. The van der Waals surface area contributed by atoms with Crippen molar-refractivity contribution < 1.29 is 33.4 Å². The molecule has 1 amide bonds. The van der Waals surface area contributed by atoms with Crippen LogP contribution in [0.4, 0.5) is 9.52 Å². The maximum atomic E-state index is 13.7. The van der Waals surface area contributed by atoms with E-state index in [1.165, 1.54) is 31.4 Å². The number of aromatic nitrogens is 1. The number of nitrogens with zero attached hydrogens (tertiary/aromatic N) is 2. The van der Waals surface area contributed by atoms with Crippen molar-refractivity contribution in [1.29, 1.82) is 0 Å². The fraction of sp³-hybridized carbons (Fsp3) is 0.231. The topological polar surface area (TPSA) is 106 Å².